The molecule has 1 unspecified atom stereocenters. The van der Waals surface area contributed by atoms with E-state index in [0.717, 1.165) is 84.4 Å². The Morgan fingerprint density at radius 1 is 1.13 bits per heavy atom. The topological polar surface area (TPSA) is 61.4 Å². The van der Waals surface area contributed by atoms with E-state index >= 15 is 0 Å². The Morgan fingerprint density at radius 2 is 1.87 bits per heavy atom. The molecule has 0 amide bonds. The largest absolute Gasteiger partial charge is 0.379 e. The predicted octanol–water partition coefficient (Wildman–Crippen LogP) is 1.91. The number of benzene rings is 1. The summed E-state index contributed by atoms with van der Waals surface area (Å²) in [6, 6.07) is 8.91. The molecule has 8 heteroatoms. The summed E-state index contributed by atoms with van der Waals surface area (Å²) in [5, 5.41) is 6.74. The van der Waals surface area contributed by atoms with Crippen LogP contribution in [-0.2, 0) is 22.6 Å². The summed E-state index contributed by atoms with van der Waals surface area (Å²) in [6.45, 7) is 9.61. The summed E-state index contributed by atoms with van der Waals surface area (Å²) in [7, 11) is 4.00. The van der Waals surface area contributed by atoms with Crippen molar-refractivity contribution >= 4 is 29.9 Å². The van der Waals surface area contributed by atoms with Gasteiger partial charge >= 0.3 is 0 Å². The standard InChI is InChI=1S/C22H37N5O2.HI/c1-23-22(24-9-3-14-29-21-8-15-28-18-21)25-16-19-4-6-20(7-5-19)17-27-12-10-26(2)11-13-27;/h4-7,21H,3,8-18H2,1-2H3,(H2,23,24,25);1H. The van der Waals surface area contributed by atoms with Crippen LogP contribution in [0.5, 0.6) is 0 Å². The number of guanidine groups is 1. The smallest absolute Gasteiger partial charge is 0.191 e. The van der Waals surface area contributed by atoms with Crippen molar-refractivity contribution in [2.24, 2.45) is 4.99 Å². The van der Waals surface area contributed by atoms with E-state index in [9.17, 15) is 0 Å². The van der Waals surface area contributed by atoms with Crippen molar-refractivity contribution in [1.29, 1.82) is 0 Å². The van der Waals surface area contributed by atoms with Crippen molar-refractivity contribution in [1.82, 2.24) is 20.4 Å². The van der Waals surface area contributed by atoms with Crippen LogP contribution < -0.4 is 10.6 Å². The van der Waals surface area contributed by atoms with Gasteiger partial charge in [-0.3, -0.25) is 9.89 Å². The molecule has 1 aromatic rings. The molecule has 2 fully saturated rings. The third-order valence-electron chi connectivity index (χ3n) is 5.56. The summed E-state index contributed by atoms with van der Waals surface area (Å²) in [4.78, 5) is 9.23. The molecule has 7 nitrogen and oxygen atoms in total. The number of hydrogen-bond donors (Lipinski definition) is 2. The van der Waals surface area contributed by atoms with Gasteiger partial charge in [-0.05, 0) is 31.0 Å². The lowest BCUT2D eigenvalue weighted by atomic mass is 10.1. The van der Waals surface area contributed by atoms with Crippen molar-refractivity contribution in [3.8, 4) is 0 Å². The second kappa shape index (κ2) is 14.2. The van der Waals surface area contributed by atoms with Crippen LogP contribution in [-0.4, -0.2) is 88.5 Å². The van der Waals surface area contributed by atoms with Gasteiger partial charge in [0.1, 0.15) is 0 Å². The third-order valence-corrected chi connectivity index (χ3v) is 5.56. The van der Waals surface area contributed by atoms with Gasteiger partial charge in [-0.2, -0.15) is 0 Å². The van der Waals surface area contributed by atoms with Gasteiger partial charge in [0.05, 0.1) is 12.7 Å². The molecule has 0 radical (unpaired) electrons. The molecule has 2 aliphatic heterocycles. The van der Waals surface area contributed by atoms with Crippen molar-refractivity contribution in [2.45, 2.75) is 32.0 Å². The number of nitrogens with one attached hydrogen (secondary N) is 2. The molecular formula is C22H38IN5O2. The van der Waals surface area contributed by atoms with E-state index in [1.165, 1.54) is 11.1 Å². The minimum Gasteiger partial charge on any atom is -0.379 e. The number of likely N-dealkylation sites (N-methyl/N-ethyl adjacent to an activating group) is 1. The molecule has 2 N–H and O–H groups in total. The van der Waals surface area contributed by atoms with Crippen LogP contribution in [0.4, 0.5) is 0 Å². The first kappa shape index (κ1) is 25.3. The van der Waals surface area contributed by atoms with Crippen LogP contribution >= 0.6 is 24.0 Å². The summed E-state index contributed by atoms with van der Waals surface area (Å²) < 4.78 is 11.1. The fraction of sp³-hybridized carbons (Fsp3) is 0.682. The number of ether oxygens (including phenoxy) is 2. The maximum Gasteiger partial charge on any atom is 0.191 e. The molecule has 1 atom stereocenters. The maximum atomic E-state index is 5.79. The molecule has 3 rings (SSSR count). The van der Waals surface area contributed by atoms with E-state index in [0.29, 0.717) is 0 Å². The highest BCUT2D eigenvalue weighted by molar-refractivity contribution is 14.0. The highest BCUT2D eigenvalue weighted by Crippen LogP contribution is 2.10. The molecular weight excluding hydrogens is 493 g/mol. The Morgan fingerprint density at radius 3 is 2.53 bits per heavy atom. The van der Waals surface area contributed by atoms with Gasteiger partial charge in [0, 0.05) is 66.1 Å². The van der Waals surface area contributed by atoms with E-state index in [1.807, 2.05) is 0 Å². The molecule has 0 bridgehead atoms. The van der Waals surface area contributed by atoms with E-state index in [-0.39, 0.29) is 30.1 Å². The number of nitrogens with zero attached hydrogens (tertiary/aromatic N) is 3. The van der Waals surface area contributed by atoms with Gasteiger partial charge in [-0.15, -0.1) is 24.0 Å². The van der Waals surface area contributed by atoms with Crippen LogP contribution in [0.2, 0.25) is 0 Å². The molecule has 0 aromatic heterocycles. The number of halogens is 1. The van der Waals surface area contributed by atoms with Gasteiger partial charge < -0.3 is 25.0 Å². The SMILES string of the molecule is CN=C(NCCCOC1CCOC1)NCc1ccc(CN2CCN(C)CC2)cc1.I. The highest BCUT2D eigenvalue weighted by Gasteiger charge is 2.15. The van der Waals surface area contributed by atoms with E-state index in [4.69, 9.17) is 9.47 Å². The second-order valence-electron chi connectivity index (χ2n) is 7.96. The molecule has 30 heavy (non-hydrogen) atoms. The average Bonchev–Trinajstić information content (AvgIpc) is 3.26. The lowest BCUT2D eigenvalue weighted by Gasteiger charge is -2.32. The number of hydrogen-bond acceptors (Lipinski definition) is 5. The highest BCUT2D eigenvalue weighted by atomic mass is 127. The first-order valence-electron chi connectivity index (χ1n) is 10.9. The fourth-order valence-electron chi connectivity index (χ4n) is 3.61. The third kappa shape index (κ3) is 9.05. The van der Waals surface area contributed by atoms with Crippen molar-refractivity contribution in [2.75, 3.05) is 66.6 Å². The first-order valence-corrected chi connectivity index (χ1v) is 10.9. The molecule has 0 aliphatic carbocycles. The van der Waals surface area contributed by atoms with Crippen LogP contribution in [0.3, 0.4) is 0 Å². The normalized spacial score (nSPS) is 20.7. The molecule has 2 saturated heterocycles. The van der Waals surface area contributed by atoms with Gasteiger partial charge in [0.2, 0.25) is 0 Å². The van der Waals surface area contributed by atoms with Gasteiger partial charge in [-0.1, -0.05) is 24.3 Å². The van der Waals surface area contributed by atoms with Crippen LogP contribution in [0.15, 0.2) is 29.3 Å². The Kier molecular flexibility index (Phi) is 12.0. The summed E-state index contributed by atoms with van der Waals surface area (Å²) in [5.74, 6) is 0.829. The lowest BCUT2D eigenvalue weighted by molar-refractivity contribution is 0.0420. The van der Waals surface area contributed by atoms with E-state index < -0.39 is 0 Å². The minimum absolute atomic E-state index is 0. The zero-order valence-corrected chi connectivity index (χ0v) is 20.8. The van der Waals surface area contributed by atoms with Crippen LogP contribution in [0.1, 0.15) is 24.0 Å². The summed E-state index contributed by atoms with van der Waals surface area (Å²) in [5.41, 5.74) is 2.65. The number of piperazine rings is 1. The van der Waals surface area contributed by atoms with Crippen molar-refractivity contribution in [3.05, 3.63) is 35.4 Å². The fourth-order valence-corrected chi connectivity index (χ4v) is 3.61. The molecule has 2 aliphatic rings. The maximum absolute atomic E-state index is 5.79. The Labute approximate surface area is 198 Å². The Hall–Kier alpha value is -0.940. The van der Waals surface area contributed by atoms with Crippen LogP contribution in [0, 0.1) is 0 Å². The van der Waals surface area contributed by atoms with Gasteiger partial charge in [-0.25, -0.2) is 0 Å². The Bertz CT molecular complexity index is 614. The minimum atomic E-state index is 0. The lowest BCUT2D eigenvalue weighted by Crippen LogP contribution is -2.43. The second-order valence-corrected chi connectivity index (χ2v) is 7.96. The van der Waals surface area contributed by atoms with Crippen molar-refractivity contribution in [3.63, 3.8) is 0 Å². The summed E-state index contributed by atoms with van der Waals surface area (Å²) in [6.07, 6.45) is 2.26. The average molecular weight is 531 g/mol. The van der Waals surface area contributed by atoms with Crippen LogP contribution in [0.25, 0.3) is 0 Å². The molecule has 0 spiro atoms. The van der Waals surface area contributed by atoms with Gasteiger partial charge in [0.15, 0.2) is 5.96 Å². The van der Waals surface area contributed by atoms with E-state index in [1.54, 1.807) is 7.05 Å². The summed E-state index contributed by atoms with van der Waals surface area (Å²) >= 11 is 0. The molecule has 0 saturated carbocycles. The molecule has 2 heterocycles. The first-order chi connectivity index (χ1) is 14.2. The van der Waals surface area contributed by atoms with Crippen molar-refractivity contribution < 1.29 is 9.47 Å². The quantitative estimate of drug-likeness (QED) is 0.220. The monoisotopic (exact) mass is 531 g/mol. The zero-order valence-electron chi connectivity index (χ0n) is 18.4. The zero-order chi connectivity index (χ0) is 20.3. The Balaban J connectivity index is 0.00000320. The predicted molar refractivity (Wildman–Crippen MR) is 133 cm³/mol. The number of aliphatic imine (C=N–C) groups is 1. The number of rotatable bonds is 9. The molecule has 1 aromatic carbocycles. The molecule has 170 valence electrons. The van der Waals surface area contributed by atoms with E-state index in [2.05, 4.69) is 56.7 Å². The van der Waals surface area contributed by atoms with Gasteiger partial charge in [0.25, 0.3) is 0 Å².